The highest BCUT2D eigenvalue weighted by Gasteiger charge is 2.20. The topological polar surface area (TPSA) is 58.9 Å². The summed E-state index contributed by atoms with van der Waals surface area (Å²) in [4.78, 5) is 0. The zero-order valence-electron chi connectivity index (χ0n) is 27.4. The normalized spacial score (nSPS) is 16.3. The number of hydrogen-bond donors (Lipinski definition) is 2. The maximum Gasteiger partial charge on any atom is 0.123 e. The molecular weight excluding hydrogens is 556 g/mol. The molecule has 1 saturated carbocycles. The van der Waals surface area contributed by atoms with Gasteiger partial charge in [0.25, 0.3) is 0 Å². The van der Waals surface area contributed by atoms with Gasteiger partial charge >= 0.3 is 0 Å². The maximum atomic E-state index is 9.26. The summed E-state index contributed by atoms with van der Waals surface area (Å²) in [6, 6.07) is 23.7. The largest absolute Gasteiger partial charge is 0.493 e. The number of aliphatic hydroxyl groups excluding tert-OH is 2. The first-order valence-electron chi connectivity index (χ1n) is 17.1. The van der Waals surface area contributed by atoms with Gasteiger partial charge in [-0.15, -0.1) is 0 Å². The minimum absolute atomic E-state index is 0.0400. The molecule has 1 aliphatic carbocycles. The molecule has 0 amide bonds. The highest BCUT2D eigenvalue weighted by molar-refractivity contribution is 5.72. The van der Waals surface area contributed by atoms with E-state index >= 15 is 0 Å². The molecule has 45 heavy (non-hydrogen) atoms. The average Bonchev–Trinajstić information content (AvgIpc) is 3.08. The lowest BCUT2D eigenvalue weighted by atomic mass is 9.78. The number of unbranched alkanes of at least 4 members (excludes halogenated alkanes) is 2. The molecule has 1 fully saturated rings. The number of benzene rings is 3. The second-order valence-corrected chi connectivity index (χ2v) is 12.9. The molecule has 2 N–H and O–H groups in total. The van der Waals surface area contributed by atoms with Crippen molar-refractivity contribution in [3.8, 4) is 33.8 Å². The van der Waals surface area contributed by atoms with Crippen molar-refractivity contribution in [3.63, 3.8) is 0 Å². The van der Waals surface area contributed by atoms with Crippen molar-refractivity contribution in [3.05, 3.63) is 96.6 Å². The lowest BCUT2D eigenvalue weighted by Crippen LogP contribution is -2.15. The summed E-state index contributed by atoms with van der Waals surface area (Å²) in [6.45, 7) is 10.8. The Morgan fingerprint density at radius 2 is 1.11 bits per heavy atom. The van der Waals surface area contributed by atoms with Gasteiger partial charge in [0.1, 0.15) is 11.5 Å². The first kappa shape index (κ1) is 34.5. The lowest BCUT2D eigenvalue weighted by Gasteiger charge is -2.28. The molecule has 1 aliphatic rings. The molecule has 4 rings (SSSR count). The summed E-state index contributed by atoms with van der Waals surface area (Å²) in [5, 5.41) is 18.5. The summed E-state index contributed by atoms with van der Waals surface area (Å²) < 4.78 is 12.0. The Morgan fingerprint density at radius 1 is 0.644 bits per heavy atom. The second kappa shape index (κ2) is 18.6. The van der Waals surface area contributed by atoms with E-state index in [2.05, 4.69) is 68.6 Å². The Balaban J connectivity index is 1.35. The van der Waals surface area contributed by atoms with Gasteiger partial charge in [-0.25, -0.2) is 0 Å². The van der Waals surface area contributed by atoms with Crippen LogP contribution in [0.15, 0.2) is 91.0 Å². The number of aliphatic hydroxyl groups is 2. The van der Waals surface area contributed by atoms with Crippen molar-refractivity contribution in [1.29, 1.82) is 0 Å². The van der Waals surface area contributed by atoms with Crippen LogP contribution in [-0.2, 0) is 6.42 Å². The molecule has 242 valence electrons. The molecule has 0 bridgehead atoms. The smallest absolute Gasteiger partial charge is 0.123 e. The molecule has 0 radical (unpaired) electrons. The quantitative estimate of drug-likeness (QED) is 0.105. The van der Waals surface area contributed by atoms with Crippen molar-refractivity contribution in [2.45, 2.75) is 84.0 Å². The molecule has 0 aliphatic heterocycles. The molecule has 3 aromatic carbocycles. The van der Waals surface area contributed by atoms with Crippen molar-refractivity contribution >= 4 is 0 Å². The van der Waals surface area contributed by atoms with Gasteiger partial charge in [0.05, 0.1) is 26.4 Å². The minimum Gasteiger partial charge on any atom is -0.493 e. The van der Waals surface area contributed by atoms with Gasteiger partial charge in [-0.3, -0.25) is 0 Å². The van der Waals surface area contributed by atoms with E-state index in [0.717, 1.165) is 34.1 Å². The third-order valence-corrected chi connectivity index (χ3v) is 9.30. The zero-order valence-corrected chi connectivity index (χ0v) is 27.4. The van der Waals surface area contributed by atoms with Crippen LogP contribution in [0.5, 0.6) is 11.5 Å². The first-order chi connectivity index (χ1) is 22.0. The number of hydrogen-bond acceptors (Lipinski definition) is 4. The van der Waals surface area contributed by atoms with E-state index in [1.165, 1.54) is 80.9 Å². The van der Waals surface area contributed by atoms with Crippen LogP contribution in [-0.4, -0.2) is 36.6 Å². The van der Waals surface area contributed by atoms with Crippen molar-refractivity contribution in [2.75, 3.05) is 26.4 Å². The number of aryl methyl sites for hydroxylation is 1. The van der Waals surface area contributed by atoms with Gasteiger partial charge < -0.3 is 19.7 Å². The van der Waals surface area contributed by atoms with Crippen molar-refractivity contribution < 1.29 is 19.7 Å². The fourth-order valence-electron chi connectivity index (χ4n) is 6.27. The minimum atomic E-state index is -0.0400. The van der Waals surface area contributed by atoms with E-state index < -0.39 is 0 Å². The van der Waals surface area contributed by atoms with Crippen LogP contribution in [0, 0.1) is 11.8 Å². The fraction of sp³-hybridized carbons (Fsp3) is 0.463. The molecule has 4 nitrogen and oxygen atoms in total. The van der Waals surface area contributed by atoms with E-state index in [-0.39, 0.29) is 13.2 Å². The third-order valence-electron chi connectivity index (χ3n) is 9.30. The van der Waals surface area contributed by atoms with E-state index in [0.29, 0.717) is 37.6 Å². The molecule has 4 heteroatoms. The molecule has 0 aromatic heterocycles. The lowest BCUT2D eigenvalue weighted by molar-refractivity contribution is 0.249. The van der Waals surface area contributed by atoms with Crippen LogP contribution >= 0.6 is 0 Å². The van der Waals surface area contributed by atoms with Gasteiger partial charge in [-0.05, 0) is 75.8 Å². The SMILES string of the molecule is C=C(CO)CCOc1cc(OCCC(=C)CO)cc(-c2ccc(-c3ccc(CCC4CCC(CCCCC)CC4)cc3)cc2)c1. The van der Waals surface area contributed by atoms with Gasteiger partial charge in [0.2, 0.25) is 0 Å². The Morgan fingerprint density at radius 3 is 1.60 bits per heavy atom. The Kier molecular flexibility index (Phi) is 14.3. The van der Waals surface area contributed by atoms with Crippen LogP contribution in [0.4, 0.5) is 0 Å². The molecule has 3 aromatic rings. The van der Waals surface area contributed by atoms with Crippen LogP contribution in [0.25, 0.3) is 22.3 Å². The van der Waals surface area contributed by atoms with E-state index in [4.69, 9.17) is 9.47 Å². The molecule has 0 spiro atoms. The zero-order chi connectivity index (χ0) is 31.9. The molecule has 0 unspecified atom stereocenters. The number of rotatable bonds is 19. The molecule has 0 heterocycles. The van der Waals surface area contributed by atoms with Crippen LogP contribution in [0.2, 0.25) is 0 Å². The average molecular weight is 611 g/mol. The van der Waals surface area contributed by atoms with Crippen molar-refractivity contribution in [2.24, 2.45) is 11.8 Å². The third kappa shape index (κ3) is 11.5. The Hall–Kier alpha value is -3.34. The molecule has 0 saturated heterocycles. The summed E-state index contributed by atoms with van der Waals surface area (Å²) in [5.41, 5.74) is 7.42. The van der Waals surface area contributed by atoms with Crippen LogP contribution < -0.4 is 9.47 Å². The monoisotopic (exact) mass is 610 g/mol. The van der Waals surface area contributed by atoms with Crippen LogP contribution in [0.1, 0.15) is 83.1 Å². The van der Waals surface area contributed by atoms with E-state index in [9.17, 15) is 10.2 Å². The van der Waals surface area contributed by atoms with E-state index in [1.807, 2.05) is 18.2 Å². The van der Waals surface area contributed by atoms with Crippen LogP contribution in [0.3, 0.4) is 0 Å². The predicted octanol–water partition coefficient (Wildman–Crippen LogP) is 9.97. The van der Waals surface area contributed by atoms with Gasteiger partial charge in [-0.2, -0.15) is 0 Å². The number of ether oxygens (including phenoxy) is 2. The Labute approximate surface area is 271 Å². The second-order valence-electron chi connectivity index (χ2n) is 12.9. The highest BCUT2D eigenvalue weighted by atomic mass is 16.5. The summed E-state index contributed by atoms with van der Waals surface area (Å²) >= 11 is 0. The molecular formula is C41H54O4. The predicted molar refractivity (Wildman–Crippen MR) is 188 cm³/mol. The highest BCUT2D eigenvalue weighted by Crippen LogP contribution is 2.35. The molecule has 0 atom stereocenters. The van der Waals surface area contributed by atoms with Gasteiger partial charge in [-0.1, -0.05) is 120 Å². The standard InChI is InChI=1S/C41H54O4/c1-4-5-6-7-33-8-10-34(11-9-33)12-13-35-14-16-36(17-15-35)37-18-20-38(21-19-37)39-26-40(44-24-22-31(2)29-42)28-41(27-39)45-25-23-32(3)30-43/h14-21,26-28,33-34,42-43H,2-13,22-25,29-30H2,1H3. The Bertz CT molecular complexity index is 1280. The fourth-order valence-corrected chi connectivity index (χ4v) is 6.27. The summed E-state index contributed by atoms with van der Waals surface area (Å²) in [6.07, 6.45) is 15.0. The maximum absolute atomic E-state index is 9.26. The van der Waals surface area contributed by atoms with Gasteiger partial charge in [0, 0.05) is 18.9 Å². The van der Waals surface area contributed by atoms with E-state index in [1.54, 1.807) is 0 Å². The first-order valence-corrected chi connectivity index (χ1v) is 17.1. The van der Waals surface area contributed by atoms with Crippen molar-refractivity contribution in [1.82, 2.24) is 0 Å². The summed E-state index contributed by atoms with van der Waals surface area (Å²) in [5.74, 6) is 3.29. The summed E-state index contributed by atoms with van der Waals surface area (Å²) in [7, 11) is 0. The van der Waals surface area contributed by atoms with Gasteiger partial charge in [0.15, 0.2) is 0 Å².